The first-order valence-corrected chi connectivity index (χ1v) is 8.65. The smallest absolute Gasteiger partial charge is 0.334 e. The van der Waals surface area contributed by atoms with E-state index < -0.39 is 14.5 Å². The Kier molecular flexibility index (Phi) is 8.12. The summed E-state index contributed by atoms with van der Waals surface area (Å²) in [5.41, 5.74) is 0.404. The van der Waals surface area contributed by atoms with Crippen LogP contribution in [-0.4, -0.2) is 32.9 Å². The Balaban J connectivity index is 4.06. The molecule has 0 rings (SSSR count). The third-order valence-corrected chi connectivity index (χ3v) is 5.58. The molecule has 0 heterocycles. The van der Waals surface area contributed by atoms with E-state index >= 15 is 0 Å². The molecule has 4 nitrogen and oxygen atoms in total. The second-order valence-corrected chi connectivity index (χ2v) is 7.43. The molecule has 0 atom stereocenters. The van der Waals surface area contributed by atoms with Crippen LogP contribution >= 0.6 is 0 Å². The topological polar surface area (TPSA) is 55.8 Å². The summed E-state index contributed by atoms with van der Waals surface area (Å²) in [6.45, 7) is 8.97. The average molecular weight is 260 g/mol. The normalized spacial score (nSPS) is 12.8. The van der Waals surface area contributed by atoms with Gasteiger partial charge in [-0.25, -0.2) is 4.79 Å². The van der Waals surface area contributed by atoms with Crippen molar-refractivity contribution in [3.05, 3.63) is 11.6 Å². The monoisotopic (exact) mass is 260 g/mol. The Morgan fingerprint density at radius 3 is 2.24 bits per heavy atom. The number of carboxylic acids is 1. The van der Waals surface area contributed by atoms with Gasteiger partial charge in [0.15, 0.2) is 0 Å². The van der Waals surface area contributed by atoms with E-state index in [1.807, 2.05) is 13.8 Å². The van der Waals surface area contributed by atoms with E-state index in [2.05, 4.69) is 6.55 Å². The molecule has 0 spiro atoms. The average Bonchev–Trinajstić information content (AvgIpc) is 2.24. The van der Waals surface area contributed by atoms with Crippen LogP contribution < -0.4 is 0 Å². The van der Waals surface area contributed by atoms with Crippen molar-refractivity contribution in [1.29, 1.82) is 0 Å². The fourth-order valence-electron chi connectivity index (χ4n) is 1.63. The minimum absolute atomic E-state index is 0.404. The van der Waals surface area contributed by atoms with Gasteiger partial charge in [-0.2, -0.15) is 0 Å². The molecule has 0 unspecified atom stereocenters. The van der Waals surface area contributed by atoms with Gasteiger partial charge in [0, 0.05) is 18.8 Å². The van der Waals surface area contributed by atoms with Crippen LogP contribution in [0.4, 0.5) is 0 Å². The number of rotatable bonds is 9. The molecule has 0 aromatic rings. The Hall–Kier alpha value is -0.653. The van der Waals surface area contributed by atoms with Gasteiger partial charge in [0.25, 0.3) is 0 Å². The molecular weight excluding hydrogens is 236 g/mol. The molecule has 0 aliphatic heterocycles. The molecule has 0 aromatic heterocycles. The molecule has 0 saturated carbocycles. The summed E-state index contributed by atoms with van der Waals surface area (Å²) in [4.78, 5) is 10.6. The summed E-state index contributed by atoms with van der Waals surface area (Å²) >= 11 is 0. The fourth-order valence-corrected chi connectivity index (χ4v) is 4.07. The second kappa shape index (κ2) is 8.44. The highest BCUT2D eigenvalue weighted by molar-refractivity contribution is 6.66. The highest BCUT2D eigenvalue weighted by Gasteiger charge is 2.29. The maximum atomic E-state index is 10.6. The fraction of sp³-hybridized carbons (Fsp3) is 0.750. The third-order valence-electron chi connectivity index (χ3n) is 2.52. The van der Waals surface area contributed by atoms with Crippen LogP contribution in [0.3, 0.4) is 0 Å². The summed E-state index contributed by atoms with van der Waals surface area (Å²) in [5, 5.41) is 8.70. The number of unbranched alkanes of at least 4 members (excludes halogenated alkanes) is 1. The second-order valence-electron chi connectivity index (χ2n) is 4.08. The lowest BCUT2D eigenvalue weighted by molar-refractivity contribution is -0.132. The van der Waals surface area contributed by atoms with Crippen LogP contribution in [-0.2, 0) is 13.6 Å². The van der Waals surface area contributed by atoms with Crippen LogP contribution in [0.1, 0.15) is 33.6 Å². The van der Waals surface area contributed by atoms with E-state index in [4.69, 9.17) is 14.0 Å². The number of allylic oxidation sites excluding steroid dienone is 1. The lowest BCUT2D eigenvalue weighted by Crippen LogP contribution is -2.38. The molecule has 0 aliphatic rings. The maximum Gasteiger partial charge on any atom is 0.334 e. The van der Waals surface area contributed by atoms with E-state index in [1.54, 1.807) is 13.0 Å². The number of aliphatic carboxylic acids is 1. The standard InChI is InChI=1S/C12H24O4Si/c1-5-15-17(4,16-6-2)10-8-7-9-11(3)12(13)14/h9H,5-8,10H2,1-4H3,(H,13,14). The van der Waals surface area contributed by atoms with Gasteiger partial charge in [-0.05, 0) is 46.2 Å². The van der Waals surface area contributed by atoms with Crippen molar-refractivity contribution in [3.63, 3.8) is 0 Å². The summed E-state index contributed by atoms with van der Waals surface area (Å²) in [7, 11) is -2.03. The van der Waals surface area contributed by atoms with Crippen LogP contribution in [0.2, 0.25) is 12.6 Å². The van der Waals surface area contributed by atoms with E-state index in [-0.39, 0.29) is 0 Å². The first-order chi connectivity index (χ1) is 7.95. The molecule has 0 saturated heterocycles. The van der Waals surface area contributed by atoms with Gasteiger partial charge >= 0.3 is 14.5 Å². The van der Waals surface area contributed by atoms with Crippen molar-refractivity contribution in [2.24, 2.45) is 0 Å². The molecular formula is C12H24O4Si. The van der Waals surface area contributed by atoms with E-state index in [1.165, 1.54) is 0 Å². The van der Waals surface area contributed by atoms with Crippen molar-refractivity contribution in [2.45, 2.75) is 46.2 Å². The zero-order valence-electron chi connectivity index (χ0n) is 11.3. The van der Waals surface area contributed by atoms with Gasteiger partial charge in [0.2, 0.25) is 0 Å². The van der Waals surface area contributed by atoms with E-state index in [9.17, 15) is 4.79 Å². The Bertz CT molecular complexity index is 257. The molecule has 0 radical (unpaired) electrons. The Morgan fingerprint density at radius 1 is 1.29 bits per heavy atom. The van der Waals surface area contributed by atoms with E-state index in [0.29, 0.717) is 18.8 Å². The molecule has 0 amide bonds. The van der Waals surface area contributed by atoms with Crippen LogP contribution in [0.25, 0.3) is 0 Å². The highest BCUT2D eigenvalue weighted by atomic mass is 28.4. The zero-order valence-corrected chi connectivity index (χ0v) is 12.3. The summed E-state index contributed by atoms with van der Waals surface area (Å²) < 4.78 is 11.4. The van der Waals surface area contributed by atoms with Crippen molar-refractivity contribution >= 4 is 14.5 Å². The number of hydrogen-bond donors (Lipinski definition) is 1. The zero-order chi connectivity index (χ0) is 13.3. The minimum atomic E-state index is -2.03. The Labute approximate surface area is 105 Å². The van der Waals surface area contributed by atoms with Crippen molar-refractivity contribution in [1.82, 2.24) is 0 Å². The van der Waals surface area contributed by atoms with Gasteiger partial charge in [0.05, 0.1) is 0 Å². The number of carbonyl (C=O) groups is 1. The quantitative estimate of drug-likeness (QED) is 0.393. The molecule has 0 fully saturated rings. The summed E-state index contributed by atoms with van der Waals surface area (Å²) in [5.74, 6) is -0.848. The highest BCUT2D eigenvalue weighted by Crippen LogP contribution is 2.17. The van der Waals surface area contributed by atoms with Gasteiger partial charge < -0.3 is 14.0 Å². The largest absolute Gasteiger partial charge is 0.478 e. The first-order valence-electron chi connectivity index (χ1n) is 6.13. The summed E-state index contributed by atoms with van der Waals surface area (Å²) in [6, 6.07) is 0.901. The lowest BCUT2D eigenvalue weighted by Gasteiger charge is -2.25. The summed E-state index contributed by atoms with van der Waals surface area (Å²) in [6.07, 6.45) is 3.43. The lowest BCUT2D eigenvalue weighted by atomic mass is 10.2. The maximum absolute atomic E-state index is 10.6. The van der Waals surface area contributed by atoms with Crippen LogP contribution in [0.15, 0.2) is 11.6 Å². The van der Waals surface area contributed by atoms with Gasteiger partial charge in [0.1, 0.15) is 0 Å². The van der Waals surface area contributed by atoms with Crippen LogP contribution in [0, 0.1) is 0 Å². The molecule has 1 N–H and O–H groups in total. The van der Waals surface area contributed by atoms with Crippen LogP contribution in [0.5, 0.6) is 0 Å². The van der Waals surface area contributed by atoms with Gasteiger partial charge in [-0.15, -0.1) is 0 Å². The predicted octanol–water partition coefficient (Wildman–Crippen LogP) is 2.94. The number of hydrogen-bond acceptors (Lipinski definition) is 3. The molecule has 0 bridgehead atoms. The Morgan fingerprint density at radius 2 is 1.82 bits per heavy atom. The predicted molar refractivity (Wildman–Crippen MR) is 70.3 cm³/mol. The van der Waals surface area contributed by atoms with Crippen molar-refractivity contribution in [2.75, 3.05) is 13.2 Å². The first kappa shape index (κ1) is 16.3. The SMILES string of the molecule is CCO[Si](C)(CCCC=C(C)C(=O)O)OCC. The van der Waals surface area contributed by atoms with Crippen molar-refractivity contribution < 1.29 is 18.8 Å². The molecule has 17 heavy (non-hydrogen) atoms. The number of carboxylic acid groups (broad SMARTS) is 1. The molecule has 0 aliphatic carbocycles. The van der Waals surface area contributed by atoms with Gasteiger partial charge in [-0.3, -0.25) is 0 Å². The van der Waals surface area contributed by atoms with Gasteiger partial charge in [-0.1, -0.05) is 6.08 Å². The minimum Gasteiger partial charge on any atom is -0.478 e. The van der Waals surface area contributed by atoms with E-state index in [0.717, 1.165) is 18.9 Å². The molecule has 0 aromatic carbocycles. The molecule has 100 valence electrons. The third kappa shape index (κ3) is 7.30. The van der Waals surface area contributed by atoms with Crippen molar-refractivity contribution in [3.8, 4) is 0 Å². The molecule has 5 heteroatoms.